The number of amides is 3. The Morgan fingerprint density at radius 2 is 1.31 bits per heavy atom. The Balaban J connectivity index is 0.000000348. The lowest BCUT2D eigenvalue weighted by Crippen LogP contribution is -2.52. The SMILES string of the molecule is CS(=O)(=O)c1ccc(C(=O)NN)cc1.C[C@H](O)[C@@H](Nc1ccc(C#N)c(Cl)c1)C(=O)NNC(=O)c1ccc(S(C)(=O)=O)cc1.[C-]#[N+]c1ccc(C[C@@H](C(=O)O)[C@H](C)O)cc1Cl. The summed E-state index contributed by atoms with van der Waals surface area (Å²) in [5.41, 5.74) is 8.47. The Labute approximate surface area is 361 Å². The number of nitriles is 1. The van der Waals surface area contributed by atoms with Gasteiger partial charge in [-0.25, -0.2) is 27.5 Å². The van der Waals surface area contributed by atoms with Gasteiger partial charge in [0.2, 0.25) is 5.69 Å². The number of anilines is 1. The molecule has 3 amide bonds. The number of nitrogens with zero attached hydrogens (tertiary/aromatic N) is 2. The van der Waals surface area contributed by atoms with Crippen LogP contribution < -0.4 is 27.4 Å². The predicted octanol–water partition coefficient (Wildman–Crippen LogP) is 3.45. The minimum absolute atomic E-state index is 0.0579. The highest BCUT2D eigenvalue weighted by Crippen LogP contribution is 2.27. The fourth-order valence-electron chi connectivity index (χ4n) is 4.83. The zero-order valence-corrected chi connectivity index (χ0v) is 35.9. The normalized spacial score (nSPS) is 12.7. The maximum absolute atomic E-state index is 12.4. The number of hydrazine groups is 2. The summed E-state index contributed by atoms with van der Waals surface area (Å²) in [5, 5.41) is 40.4. The average molecular weight is 919 g/mol. The van der Waals surface area contributed by atoms with Crippen LogP contribution in [-0.4, -0.2) is 86.6 Å². The van der Waals surface area contributed by atoms with Crippen molar-refractivity contribution in [1.29, 1.82) is 5.26 Å². The first-order chi connectivity index (χ1) is 28.4. The van der Waals surface area contributed by atoms with E-state index in [1.165, 1.54) is 80.6 Å². The molecule has 0 aromatic heterocycles. The van der Waals surface area contributed by atoms with Crippen molar-refractivity contribution in [1.82, 2.24) is 16.3 Å². The third-order valence-electron chi connectivity index (χ3n) is 8.18. The summed E-state index contributed by atoms with van der Waals surface area (Å²) < 4.78 is 45.0. The van der Waals surface area contributed by atoms with Gasteiger partial charge in [-0.1, -0.05) is 41.4 Å². The number of rotatable bonds is 12. The number of hydrogen-bond donors (Lipinski definition) is 8. The standard InChI is InChI=1S/C19H19ClN4O5S.C12H12ClNO3.C8H10N2O3S/c1-11(25)17(22-14-6-3-13(10-21)16(20)9-14)19(27)24-23-18(26)12-4-7-15(8-5-12)30(2,28)29;1-7(15)9(12(16)17)5-8-3-4-11(14-2)10(13)6-8;1-14(12,13)7-4-2-6(3-5-7)8(11)10-9/h3-9,11,17,22,25H,1-2H3,(H,23,26)(H,24,27);3-4,6-7,9,15H,5H2,1H3,(H,16,17);2-5H,9H2,1H3,(H,10,11)/t11-,17+;7-,9+;/m00./s1. The topological polar surface area (TPSA) is 300 Å². The fourth-order valence-corrected chi connectivity index (χ4v) is 6.55. The smallest absolute Gasteiger partial charge is 0.309 e. The molecule has 61 heavy (non-hydrogen) atoms. The Hall–Kier alpha value is -6.10. The van der Waals surface area contributed by atoms with Gasteiger partial charge in [0.15, 0.2) is 19.7 Å². The summed E-state index contributed by atoms with van der Waals surface area (Å²) in [6.07, 6.45) is 0.264. The summed E-state index contributed by atoms with van der Waals surface area (Å²) in [4.78, 5) is 49.9. The molecule has 18 nitrogen and oxygen atoms in total. The van der Waals surface area contributed by atoms with Crippen LogP contribution in [0.25, 0.3) is 4.85 Å². The van der Waals surface area contributed by atoms with Crippen LogP contribution in [0.15, 0.2) is 94.7 Å². The molecule has 0 unspecified atom stereocenters. The van der Waals surface area contributed by atoms with E-state index in [9.17, 15) is 46.2 Å². The van der Waals surface area contributed by atoms with Crippen LogP contribution in [0.3, 0.4) is 0 Å². The third-order valence-corrected chi connectivity index (χ3v) is 11.1. The Bertz CT molecular complexity index is 2530. The number of carbonyl (C=O) groups is 4. The zero-order valence-electron chi connectivity index (χ0n) is 32.8. The molecule has 0 aliphatic rings. The summed E-state index contributed by atoms with van der Waals surface area (Å²) in [5.74, 6) is 1.13. The molecule has 324 valence electrons. The Morgan fingerprint density at radius 1 is 0.787 bits per heavy atom. The fraction of sp³-hybridized carbons (Fsp3) is 0.231. The molecule has 4 atom stereocenters. The van der Waals surface area contributed by atoms with E-state index >= 15 is 0 Å². The average Bonchev–Trinajstić information content (AvgIpc) is 3.20. The maximum Gasteiger partial charge on any atom is 0.309 e. The summed E-state index contributed by atoms with van der Waals surface area (Å²) in [7, 11) is -6.61. The lowest BCUT2D eigenvalue weighted by Gasteiger charge is -2.22. The van der Waals surface area contributed by atoms with E-state index in [1.54, 1.807) is 18.2 Å². The van der Waals surface area contributed by atoms with Gasteiger partial charge in [0, 0.05) is 34.3 Å². The first-order valence-corrected chi connectivity index (χ1v) is 21.9. The van der Waals surface area contributed by atoms with Crippen molar-refractivity contribution in [2.45, 2.75) is 48.3 Å². The summed E-state index contributed by atoms with van der Waals surface area (Å²) in [6, 6.07) is 20.7. The van der Waals surface area contributed by atoms with Crippen molar-refractivity contribution in [2.75, 3.05) is 17.8 Å². The minimum atomic E-state index is -3.39. The molecule has 4 rings (SSSR count). The predicted molar refractivity (Wildman–Crippen MR) is 226 cm³/mol. The van der Waals surface area contributed by atoms with Crippen LogP contribution in [0, 0.1) is 23.8 Å². The van der Waals surface area contributed by atoms with E-state index in [1.807, 2.05) is 11.5 Å². The van der Waals surface area contributed by atoms with Gasteiger partial charge in [0.05, 0.1) is 45.1 Å². The number of nitrogen functional groups attached to an aromatic ring is 1. The highest BCUT2D eigenvalue weighted by atomic mass is 35.5. The largest absolute Gasteiger partial charge is 0.481 e. The number of aliphatic hydroxyl groups excluding tert-OH is 2. The number of carboxylic acids is 1. The molecule has 0 spiro atoms. The van der Waals surface area contributed by atoms with Crippen molar-refractivity contribution >= 4 is 77.9 Å². The molecule has 0 saturated carbocycles. The summed E-state index contributed by atoms with van der Waals surface area (Å²) in [6.45, 7) is 9.66. The van der Waals surface area contributed by atoms with Crippen LogP contribution in [0.5, 0.6) is 0 Å². The minimum Gasteiger partial charge on any atom is -0.481 e. The lowest BCUT2D eigenvalue weighted by molar-refractivity contribution is -0.145. The first-order valence-electron chi connectivity index (χ1n) is 17.4. The molecular formula is C39H41Cl2N7O11S2. The van der Waals surface area contributed by atoms with Gasteiger partial charge in [-0.2, -0.15) is 5.26 Å². The van der Waals surface area contributed by atoms with Gasteiger partial charge in [0.1, 0.15) is 12.1 Å². The molecule has 4 aromatic carbocycles. The molecule has 0 heterocycles. The van der Waals surface area contributed by atoms with Gasteiger partial charge in [-0.15, -0.1) is 0 Å². The van der Waals surface area contributed by atoms with Crippen LogP contribution in [-0.2, 0) is 35.7 Å². The van der Waals surface area contributed by atoms with Crippen molar-refractivity contribution in [3.05, 3.63) is 129 Å². The molecule has 0 aliphatic carbocycles. The number of halogens is 2. The van der Waals surface area contributed by atoms with E-state index in [2.05, 4.69) is 21.0 Å². The number of sulfone groups is 2. The lowest BCUT2D eigenvalue weighted by atomic mass is 9.95. The molecule has 0 fully saturated rings. The number of nitrogens with two attached hydrogens (primary N) is 1. The van der Waals surface area contributed by atoms with Gasteiger partial charge in [0.25, 0.3) is 17.7 Å². The zero-order chi connectivity index (χ0) is 46.2. The van der Waals surface area contributed by atoms with Gasteiger partial charge >= 0.3 is 5.97 Å². The third kappa shape index (κ3) is 16.1. The molecule has 0 bridgehead atoms. The number of nitrogens with one attached hydrogen (secondary N) is 4. The summed E-state index contributed by atoms with van der Waals surface area (Å²) >= 11 is 11.8. The molecule has 0 aliphatic heterocycles. The first kappa shape index (κ1) is 51.0. The van der Waals surface area contributed by atoms with E-state index in [0.717, 1.165) is 12.5 Å². The van der Waals surface area contributed by atoms with Crippen LogP contribution in [0.1, 0.15) is 45.7 Å². The Kier molecular flexibility index (Phi) is 19.3. The number of carbonyl (C=O) groups excluding carboxylic acids is 3. The maximum atomic E-state index is 12.4. The molecule has 0 radical (unpaired) electrons. The number of carboxylic acid groups (broad SMARTS) is 1. The number of benzene rings is 4. The monoisotopic (exact) mass is 917 g/mol. The quantitative estimate of drug-likeness (QED) is 0.0437. The molecule has 4 aromatic rings. The van der Waals surface area contributed by atoms with Gasteiger partial charge < -0.3 is 20.6 Å². The van der Waals surface area contributed by atoms with Crippen molar-refractivity contribution < 1.29 is 51.3 Å². The highest BCUT2D eigenvalue weighted by Gasteiger charge is 2.25. The van der Waals surface area contributed by atoms with Crippen LogP contribution in [0.4, 0.5) is 11.4 Å². The Morgan fingerprint density at radius 3 is 1.70 bits per heavy atom. The number of aliphatic hydroxyl groups is 2. The van der Waals surface area contributed by atoms with Crippen molar-refractivity contribution in [3.63, 3.8) is 0 Å². The van der Waals surface area contributed by atoms with E-state index in [0.29, 0.717) is 27.5 Å². The molecule has 0 saturated heterocycles. The second-order valence-electron chi connectivity index (χ2n) is 13.0. The van der Waals surface area contributed by atoms with E-state index < -0.39 is 67.5 Å². The van der Waals surface area contributed by atoms with Crippen molar-refractivity contribution in [3.8, 4) is 6.07 Å². The number of hydrogen-bond acceptors (Lipinski definition) is 13. The van der Waals surface area contributed by atoms with E-state index in [4.69, 9.17) is 46.0 Å². The van der Waals surface area contributed by atoms with Crippen LogP contribution >= 0.6 is 23.2 Å². The van der Waals surface area contributed by atoms with Crippen LogP contribution in [0.2, 0.25) is 10.0 Å². The second kappa shape index (κ2) is 23.0. The molecule has 22 heteroatoms. The highest BCUT2D eigenvalue weighted by molar-refractivity contribution is 7.91. The van der Waals surface area contributed by atoms with Crippen molar-refractivity contribution in [2.24, 2.45) is 11.8 Å². The van der Waals surface area contributed by atoms with Gasteiger partial charge in [-0.05, 0) is 92.6 Å². The second-order valence-corrected chi connectivity index (χ2v) is 17.8. The number of aliphatic carboxylic acids is 1. The van der Waals surface area contributed by atoms with Gasteiger partial charge in [-0.3, -0.25) is 35.5 Å². The van der Waals surface area contributed by atoms with E-state index in [-0.39, 0.29) is 32.4 Å². The molecule has 9 N–H and O–H groups in total. The molecular weight excluding hydrogens is 878 g/mol.